The Balaban J connectivity index is 1.76. The van der Waals surface area contributed by atoms with Gasteiger partial charge in [-0.2, -0.15) is 0 Å². The van der Waals surface area contributed by atoms with Gasteiger partial charge in [-0.1, -0.05) is 12.1 Å². The Labute approximate surface area is 134 Å². The van der Waals surface area contributed by atoms with Crippen LogP contribution < -0.4 is 10.3 Å². The van der Waals surface area contributed by atoms with Crippen LogP contribution in [0.2, 0.25) is 0 Å². The molecule has 0 amide bonds. The van der Waals surface area contributed by atoms with E-state index in [1.54, 1.807) is 0 Å². The van der Waals surface area contributed by atoms with Crippen LogP contribution in [0.4, 0.5) is 0 Å². The van der Waals surface area contributed by atoms with Gasteiger partial charge in [0.2, 0.25) is 0 Å². The number of aromatic nitrogens is 2. The van der Waals surface area contributed by atoms with E-state index >= 15 is 0 Å². The number of nitrogens with one attached hydrogen (secondary N) is 2. The highest BCUT2D eigenvalue weighted by Crippen LogP contribution is 2.19. The highest BCUT2D eigenvalue weighted by Gasteiger charge is 2.19. The molecule has 1 aromatic heterocycles. The molecule has 0 bridgehead atoms. The van der Waals surface area contributed by atoms with Crippen molar-refractivity contribution in [3.63, 3.8) is 0 Å². The third-order valence-electron chi connectivity index (χ3n) is 3.81. The molecule has 0 fully saturated rings. The van der Waals surface area contributed by atoms with Crippen LogP contribution in [0.15, 0.2) is 29.1 Å². The van der Waals surface area contributed by atoms with E-state index in [4.69, 9.17) is 17.0 Å². The number of H-pyrrole nitrogens is 2. The van der Waals surface area contributed by atoms with E-state index in [0.717, 1.165) is 36.5 Å². The van der Waals surface area contributed by atoms with E-state index in [1.807, 2.05) is 19.1 Å². The molecule has 0 saturated heterocycles. The Morgan fingerprint density at radius 1 is 1.36 bits per heavy atom. The quantitative estimate of drug-likeness (QED) is 0.850. The summed E-state index contributed by atoms with van der Waals surface area (Å²) in [5.41, 5.74) is 2.91. The van der Waals surface area contributed by atoms with Crippen molar-refractivity contribution in [2.45, 2.75) is 26.4 Å². The van der Waals surface area contributed by atoms with E-state index < -0.39 is 0 Å². The molecule has 0 radical (unpaired) electrons. The van der Waals surface area contributed by atoms with Crippen LogP contribution in [-0.2, 0) is 19.5 Å². The van der Waals surface area contributed by atoms with E-state index in [-0.39, 0.29) is 5.56 Å². The Morgan fingerprint density at radius 3 is 3.05 bits per heavy atom. The molecular formula is C16H19N3O2S. The van der Waals surface area contributed by atoms with Crippen molar-refractivity contribution >= 4 is 12.2 Å². The van der Waals surface area contributed by atoms with Gasteiger partial charge in [-0.25, -0.2) is 0 Å². The lowest BCUT2D eigenvalue weighted by Crippen LogP contribution is -2.34. The van der Waals surface area contributed by atoms with Crippen molar-refractivity contribution in [1.29, 1.82) is 0 Å². The summed E-state index contributed by atoms with van der Waals surface area (Å²) in [5, 5.41) is 0. The number of benzene rings is 1. The number of rotatable bonds is 4. The molecule has 0 saturated carbocycles. The maximum atomic E-state index is 11.9. The van der Waals surface area contributed by atoms with Gasteiger partial charge in [0.1, 0.15) is 5.75 Å². The standard InChI is InChI=1S/C16H19N3O2S/c1-2-21-12-5-3-4-11(8-12)9-19-7-6-13-14(10-19)17-16(22)18-15(13)20/h3-5,8H,2,6-7,9-10H2,1H3,(H2,17,18,20,22). The van der Waals surface area contributed by atoms with Gasteiger partial charge in [0.25, 0.3) is 5.56 Å². The molecule has 1 aliphatic rings. The number of ether oxygens (including phenoxy) is 1. The second-order valence-corrected chi connectivity index (χ2v) is 5.81. The molecule has 116 valence electrons. The minimum absolute atomic E-state index is 0.0586. The molecule has 0 atom stereocenters. The Morgan fingerprint density at radius 2 is 2.23 bits per heavy atom. The molecule has 1 aliphatic heterocycles. The van der Waals surface area contributed by atoms with Crippen LogP contribution in [0.25, 0.3) is 0 Å². The van der Waals surface area contributed by atoms with E-state index in [9.17, 15) is 4.79 Å². The van der Waals surface area contributed by atoms with Crippen LogP contribution >= 0.6 is 12.2 Å². The van der Waals surface area contributed by atoms with E-state index in [1.165, 1.54) is 5.56 Å². The van der Waals surface area contributed by atoms with Crippen molar-refractivity contribution in [1.82, 2.24) is 14.9 Å². The molecule has 0 spiro atoms. The molecule has 0 unspecified atom stereocenters. The molecule has 22 heavy (non-hydrogen) atoms. The summed E-state index contributed by atoms with van der Waals surface area (Å²) in [6, 6.07) is 8.14. The summed E-state index contributed by atoms with van der Waals surface area (Å²) in [5.74, 6) is 0.897. The predicted octanol–water partition coefficient (Wildman–Crippen LogP) is 2.39. The number of aromatic amines is 2. The van der Waals surface area contributed by atoms with E-state index in [0.29, 0.717) is 17.9 Å². The Hall–Kier alpha value is -1.92. The van der Waals surface area contributed by atoms with Crippen LogP contribution in [0.5, 0.6) is 5.75 Å². The molecule has 0 aliphatic carbocycles. The summed E-state index contributed by atoms with van der Waals surface area (Å²) in [7, 11) is 0. The van der Waals surface area contributed by atoms with Crippen molar-refractivity contribution < 1.29 is 4.74 Å². The summed E-state index contributed by atoms with van der Waals surface area (Å²) >= 11 is 5.05. The lowest BCUT2D eigenvalue weighted by molar-refractivity contribution is 0.239. The smallest absolute Gasteiger partial charge is 0.255 e. The zero-order chi connectivity index (χ0) is 15.5. The van der Waals surface area contributed by atoms with Crippen LogP contribution in [0, 0.1) is 4.77 Å². The topological polar surface area (TPSA) is 61.1 Å². The third-order valence-corrected chi connectivity index (χ3v) is 4.01. The average molecular weight is 317 g/mol. The first-order valence-electron chi connectivity index (χ1n) is 7.44. The lowest BCUT2D eigenvalue weighted by atomic mass is 10.1. The zero-order valence-electron chi connectivity index (χ0n) is 12.5. The molecule has 1 aromatic carbocycles. The maximum Gasteiger partial charge on any atom is 0.255 e. The lowest BCUT2D eigenvalue weighted by Gasteiger charge is -2.27. The second-order valence-electron chi connectivity index (χ2n) is 5.41. The predicted molar refractivity (Wildman–Crippen MR) is 87.7 cm³/mol. The van der Waals surface area contributed by atoms with Gasteiger partial charge in [-0.15, -0.1) is 0 Å². The van der Waals surface area contributed by atoms with Gasteiger partial charge in [0.05, 0.1) is 6.61 Å². The maximum absolute atomic E-state index is 11.9. The Kier molecular flexibility index (Phi) is 4.40. The largest absolute Gasteiger partial charge is 0.494 e. The number of nitrogens with zero attached hydrogens (tertiary/aromatic N) is 1. The molecular weight excluding hydrogens is 298 g/mol. The van der Waals surface area contributed by atoms with Gasteiger partial charge in [0.15, 0.2) is 4.77 Å². The highest BCUT2D eigenvalue weighted by molar-refractivity contribution is 7.71. The SMILES string of the molecule is CCOc1cccc(CN2CCc3c([nH]c(=S)[nH]c3=O)C2)c1. The second kappa shape index (κ2) is 6.46. The summed E-state index contributed by atoms with van der Waals surface area (Å²) in [4.78, 5) is 20.0. The Bertz CT molecular complexity index is 781. The monoisotopic (exact) mass is 317 g/mol. The number of hydrogen-bond acceptors (Lipinski definition) is 4. The number of fused-ring (bicyclic) bond motifs is 1. The first kappa shape index (κ1) is 15.0. The summed E-state index contributed by atoms with van der Waals surface area (Å²) < 4.78 is 5.93. The van der Waals surface area contributed by atoms with Gasteiger partial charge in [-0.3, -0.25) is 14.7 Å². The summed E-state index contributed by atoms with van der Waals surface area (Å²) in [6.07, 6.45) is 0.738. The molecule has 2 heterocycles. The fourth-order valence-electron chi connectivity index (χ4n) is 2.82. The molecule has 5 nitrogen and oxygen atoms in total. The van der Waals surface area contributed by atoms with Crippen molar-refractivity contribution in [2.24, 2.45) is 0 Å². The van der Waals surface area contributed by atoms with Gasteiger partial charge in [0, 0.05) is 30.9 Å². The highest BCUT2D eigenvalue weighted by atomic mass is 32.1. The molecule has 2 N–H and O–H groups in total. The fraction of sp³-hybridized carbons (Fsp3) is 0.375. The van der Waals surface area contributed by atoms with Crippen LogP contribution in [-0.4, -0.2) is 28.0 Å². The first-order valence-corrected chi connectivity index (χ1v) is 7.85. The minimum Gasteiger partial charge on any atom is -0.494 e. The van der Waals surface area contributed by atoms with Gasteiger partial charge >= 0.3 is 0 Å². The minimum atomic E-state index is -0.0586. The van der Waals surface area contributed by atoms with Crippen LogP contribution in [0.3, 0.4) is 0 Å². The van der Waals surface area contributed by atoms with E-state index in [2.05, 4.69) is 27.0 Å². The first-order chi connectivity index (χ1) is 10.7. The third kappa shape index (κ3) is 3.28. The van der Waals surface area contributed by atoms with Gasteiger partial charge in [-0.05, 0) is 43.3 Å². The normalized spacial score (nSPS) is 14.6. The molecule has 2 aromatic rings. The van der Waals surface area contributed by atoms with Gasteiger partial charge < -0.3 is 9.72 Å². The summed E-state index contributed by atoms with van der Waals surface area (Å²) in [6.45, 7) is 5.04. The number of hydrogen-bond donors (Lipinski definition) is 2. The van der Waals surface area contributed by atoms with Crippen LogP contribution in [0.1, 0.15) is 23.7 Å². The fourth-order valence-corrected chi connectivity index (χ4v) is 3.04. The van der Waals surface area contributed by atoms with Crippen molar-refractivity contribution in [3.05, 3.63) is 56.2 Å². The molecule has 3 rings (SSSR count). The molecule has 6 heteroatoms. The zero-order valence-corrected chi connectivity index (χ0v) is 13.3. The van der Waals surface area contributed by atoms with Crippen molar-refractivity contribution in [3.8, 4) is 5.75 Å². The average Bonchev–Trinajstić information content (AvgIpc) is 2.47. The van der Waals surface area contributed by atoms with Crippen molar-refractivity contribution in [2.75, 3.05) is 13.2 Å².